The summed E-state index contributed by atoms with van der Waals surface area (Å²) in [5, 5.41) is 16.3. The number of hydrogen-bond donors (Lipinski definition) is 7. The third kappa shape index (κ3) is 8.70. The van der Waals surface area contributed by atoms with Crippen LogP contribution in [-0.2, 0) is 36.8 Å². The lowest BCUT2D eigenvalue weighted by molar-refractivity contribution is -0.143. The summed E-state index contributed by atoms with van der Waals surface area (Å²) in [6.07, 6.45) is 2.58. The third-order valence-electron chi connectivity index (χ3n) is 4.71. The largest absolute Gasteiger partial charge is 0.480 e. The lowest BCUT2D eigenvalue weighted by atomic mass is 10.0. The Bertz CT molecular complexity index is 996. The predicted molar refractivity (Wildman–Crippen MR) is 119 cm³/mol. The minimum absolute atomic E-state index is 0.0363. The summed E-state index contributed by atoms with van der Waals surface area (Å²) < 4.78 is 0. The number of nitrogens with zero attached hydrogens (tertiary/aromatic N) is 1. The minimum Gasteiger partial charge on any atom is -0.480 e. The monoisotopic (exact) mass is 473 g/mol. The van der Waals surface area contributed by atoms with Crippen LogP contribution in [0.2, 0.25) is 0 Å². The third-order valence-corrected chi connectivity index (χ3v) is 4.71. The topological polar surface area (TPSA) is 222 Å². The quantitative estimate of drug-likeness (QED) is 0.165. The van der Waals surface area contributed by atoms with Crippen LogP contribution in [0.5, 0.6) is 0 Å². The molecule has 34 heavy (non-hydrogen) atoms. The molecule has 0 aliphatic rings. The fourth-order valence-corrected chi connectivity index (χ4v) is 3.00. The molecule has 182 valence electrons. The highest BCUT2D eigenvalue weighted by molar-refractivity contribution is 5.93. The molecule has 4 amide bonds. The SMILES string of the molecule is NC(=O)CC(NC(=O)C(Cc1ccccc1)NC(=O)CNC(=O)C(N)Cc1cnc[nH]1)C(=O)O. The maximum Gasteiger partial charge on any atom is 0.326 e. The Balaban J connectivity index is 2.00. The first kappa shape index (κ1) is 26.0. The van der Waals surface area contributed by atoms with Crippen LogP contribution in [0.15, 0.2) is 42.9 Å². The number of imidazole rings is 1. The average Bonchev–Trinajstić information content (AvgIpc) is 3.29. The second-order valence-corrected chi connectivity index (χ2v) is 7.48. The van der Waals surface area contributed by atoms with E-state index < -0.39 is 60.7 Å². The first-order valence-corrected chi connectivity index (χ1v) is 10.3. The Labute approximate surface area is 194 Å². The molecule has 3 atom stereocenters. The molecule has 0 aliphatic heterocycles. The summed E-state index contributed by atoms with van der Waals surface area (Å²) in [6.45, 7) is -0.461. The second kappa shape index (κ2) is 12.7. The van der Waals surface area contributed by atoms with Gasteiger partial charge in [0.15, 0.2) is 0 Å². The standard InChI is InChI=1S/C21H27N7O6/c22-14(7-13-9-24-11-26-13)19(31)25-10-18(30)27-15(6-12-4-2-1-3-5-12)20(32)28-16(21(33)34)8-17(23)29/h1-5,9,11,14-16H,6-8,10,22H2,(H2,23,29)(H,24,26)(H,25,31)(H,27,30)(H,28,32)(H,33,34). The van der Waals surface area contributed by atoms with Crippen molar-refractivity contribution in [3.8, 4) is 0 Å². The summed E-state index contributed by atoms with van der Waals surface area (Å²) in [5.41, 5.74) is 12.2. The van der Waals surface area contributed by atoms with Crippen LogP contribution in [0.1, 0.15) is 17.7 Å². The van der Waals surface area contributed by atoms with Crippen LogP contribution >= 0.6 is 0 Å². The summed E-state index contributed by atoms with van der Waals surface area (Å²) in [5.74, 6) is -4.46. The molecule has 0 saturated heterocycles. The van der Waals surface area contributed by atoms with Gasteiger partial charge in [-0.2, -0.15) is 0 Å². The molecule has 0 fully saturated rings. The average molecular weight is 473 g/mol. The normalized spacial score (nSPS) is 13.2. The van der Waals surface area contributed by atoms with Gasteiger partial charge in [-0.25, -0.2) is 9.78 Å². The molecule has 0 spiro atoms. The van der Waals surface area contributed by atoms with Crippen LogP contribution < -0.4 is 27.4 Å². The highest BCUT2D eigenvalue weighted by Gasteiger charge is 2.28. The molecule has 3 unspecified atom stereocenters. The van der Waals surface area contributed by atoms with Crippen molar-refractivity contribution >= 4 is 29.6 Å². The van der Waals surface area contributed by atoms with Crippen molar-refractivity contribution in [1.29, 1.82) is 0 Å². The van der Waals surface area contributed by atoms with E-state index in [0.29, 0.717) is 11.3 Å². The highest BCUT2D eigenvalue weighted by atomic mass is 16.4. The maximum atomic E-state index is 12.7. The van der Waals surface area contributed by atoms with Gasteiger partial charge in [0.05, 0.1) is 25.3 Å². The van der Waals surface area contributed by atoms with Gasteiger partial charge in [-0.3, -0.25) is 19.2 Å². The number of hydrogen-bond acceptors (Lipinski definition) is 7. The number of H-pyrrole nitrogens is 1. The lowest BCUT2D eigenvalue weighted by Crippen LogP contribution is -2.55. The molecule has 0 bridgehead atoms. The number of carbonyl (C=O) groups is 5. The number of carboxylic acids is 1. The van der Waals surface area contributed by atoms with Crippen molar-refractivity contribution in [2.24, 2.45) is 11.5 Å². The molecule has 9 N–H and O–H groups in total. The molecular formula is C21H27N7O6. The fraction of sp³-hybridized carbons (Fsp3) is 0.333. The van der Waals surface area contributed by atoms with Gasteiger partial charge in [-0.15, -0.1) is 0 Å². The molecule has 2 rings (SSSR count). The summed E-state index contributed by atoms with van der Waals surface area (Å²) >= 11 is 0. The molecule has 1 heterocycles. The molecule has 1 aromatic heterocycles. The Hall–Kier alpha value is -4.26. The number of rotatable bonds is 13. The van der Waals surface area contributed by atoms with Crippen molar-refractivity contribution in [2.75, 3.05) is 6.54 Å². The highest BCUT2D eigenvalue weighted by Crippen LogP contribution is 2.05. The van der Waals surface area contributed by atoms with Crippen molar-refractivity contribution in [2.45, 2.75) is 37.4 Å². The number of benzene rings is 1. The van der Waals surface area contributed by atoms with Gasteiger partial charge >= 0.3 is 5.97 Å². The summed E-state index contributed by atoms with van der Waals surface area (Å²) in [6, 6.07) is 5.03. The van der Waals surface area contributed by atoms with Crippen molar-refractivity contribution in [3.05, 3.63) is 54.1 Å². The molecule has 13 heteroatoms. The van der Waals surface area contributed by atoms with Gasteiger partial charge in [0.2, 0.25) is 23.6 Å². The van der Waals surface area contributed by atoms with Gasteiger partial charge in [0, 0.05) is 24.7 Å². The Morgan fingerprint density at radius 2 is 1.71 bits per heavy atom. The number of amides is 4. The lowest BCUT2D eigenvalue weighted by Gasteiger charge is -2.21. The number of primary amides is 1. The Kier molecular flexibility index (Phi) is 9.71. The molecule has 0 aliphatic carbocycles. The molecular weight excluding hydrogens is 446 g/mol. The first-order valence-electron chi connectivity index (χ1n) is 10.3. The van der Waals surface area contributed by atoms with Crippen LogP contribution in [-0.4, -0.2) is 69.3 Å². The number of carboxylic acid groups (broad SMARTS) is 1. The van der Waals surface area contributed by atoms with Crippen LogP contribution in [0, 0.1) is 0 Å². The predicted octanol–water partition coefficient (Wildman–Crippen LogP) is -2.43. The van der Waals surface area contributed by atoms with Gasteiger partial charge in [-0.05, 0) is 5.56 Å². The fourth-order valence-electron chi connectivity index (χ4n) is 3.00. The zero-order valence-corrected chi connectivity index (χ0v) is 18.2. The second-order valence-electron chi connectivity index (χ2n) is 7.48. The van der Waals surface area contributed by atoms with Gasteiger partial charge in [0.25, 0.3) is 0 Å². The van der Waals surface area contributed by atoms with Crippen molar-refractivity contribution in [1.82, 2.24) is 25.9 Å². The smallest absolute Gasteiger partial charge is 0.326 e. The first-order chi connectivity index (χ1) is 16.2. The van der Waals surface area contributed by atoms with E-state index >= 15 is 0 Å². The van der Waals surface area contributed by atoms with E-state index in [-0.39, 0.29) is 12.8 Å². The molecule has 0 radical (unpaired) electrons. The van der Waals surface area contributed by atoms with E-state index in [1.807, 2.05) is 0 Å². The Morgan fingerprint density at radius 3 is 2.29 bits per heavy atom. The maximum absolute atomic E-state index is 12.7. The van der Waals surface area contributed by atoms with Crippen molar-refractivity contribution < 1.29 is 29.1 Å². The van der Waals surface area contributed by atoms with E-state index in [9.17, 15) is 29.1 Å². The van der Waals surface area contributed by atoms with Gasteiger partial charge < -0.3 is 37.5 Å². The molecule has 2 aromatic rings. The molecule has 13 nitrogen and oxygen atoms in total. The van der Waals surface area contributed by atoms with E-state index in [0.717, 1.165) is 0 Å². The zero-order valence-electron chi connectivity index (χ0n) is 18.2. The van der Waals surface area contributed by atoms with E-state index in [1.165, 1.54) is 12.5 Å². The summed E-state index contributed by atoms with van der Waals surface area (Å²) in [4.78, 5) is 66.5. The van der Waals surface area contributed by atoms with E-state index in [4.69, 9.17) is 11.5 Å². The Morgan fingerprint density at radius 1 is 1.00 bits per heavy atom. The van der Waals surface area contributed by atoms with Crippen LogP contribution in [0.25, 0.3) is 0 Å². The molecule has 1 aromatic carbocycles. The van der Waals surface area contributed by atoms with E-state index in [2.05, 4.69) is 25.9 Å². The van der Waals surface area contributed by atoms with Crippen molar-refractivity contribution in [3.63, 3.8) is 0 Å². The van der Waals surface area contributed by atoms with Crippen LogP contribution in [0.3, 0.4) is 0 Å². The number of carbonyl (C=O) groups excluding carboxylic acids is 4. The number of aromatic nitrogens is 2. The van der Waals surface area contributed by atoms with Crippen LogP contribution in [0.4, 0.5) is 0 Å². The summed E-state index contributed by atoms with van der Waals surface area (Å²) in [7, 11) is 0. The zero-order chi connectivity index (χ0) is 25.1. The van der Waals surface area contributed by atoms with E-state index in [1.54, 1.807) is 30.3 Å². The number of nitrogens with two attached hydrogens (primary N) is 2. The minimum atomic E-state index is -1.56. The number of aliphatic carboxylic acids is 1. The number of aromatic amines is 1. The van der Waals surface area contributed by atoms with Gasteiger partial charge in [0.1, 0.15) is 12.1 Å². The van der Waals surface area contributed by atoms with Gasteiger partial charge in [-0.1, -0.05) is 30.3 Å². The molecule has 0 saturated carbocycles. The number of nitrogens with one attached hydrogen (secondary N) is 4.